The average Bonchev–Trinajstić information content (AvgIpc) is 2.37. The zero-order valence-corrected chi connectivity index (χ0v) is 11.2. The zero-order valence-electron chi connectivity index (χ0n) is 10.4. The van der Waals surface area contributed by atoms with Gasteiger partial charge in [0.15, 0.2) is 0 Å². The Morgan fingerprint density at radius 2 is 2.16 bits per heavy atom. The van der Waals surface area contributed by atoms with E-state index in [2.05, 4.69) is 11.8 Å². The molecular weight excluding hydrogens is 267 g/mol. The molecule has 0 saturated carbocycles. The number of rotatable bonds is 1. The van der Waals surface area contributed by atoms with Gasteiger partial charge >= 0.3 is 0 Å². The van der Waals surface area contributed by atoms with E-state index in [4.69, 9.17) is 5.73 Å². The molecule has 1 heterocycles. The molecule has 0 amide bonds. The molecule has 0 atom stereocenters. The third-order valence-corrected chi connectivity index (χ3v) is 4.76. The molecule has 1 aromatic rings. The van der Waals surface area contributed by atoms with Crippen LogP contribution in [0.1, 0.15) is 18.4 Å². The Hall–Kier alpha value is -1.58. The van der Waals surface area contributed by atoms with Gasteiger partial charge in [0, 0.05) is 6.54 Å². The predicted octanol–water partition coefficient (Wildman–Crippen LogP) is 1.07. The minimum atomic E-state index is -3.33. The van der Waals surface area contributed by atoms with E-state index in [0.29, 0.717) is 24.2 Å². The van der Waals surface area contributed by atoms with Crippen LogP contribution in [0.25, 0.3) is 0 Å². The number of nitrogens with two attached hydrogens (primary N) is 1. The van der Waals surface area contributed by atoms with E-state index in [1.807, 2.05) is 0 Å². The van der Waals surface area contributed by atoms with Crippen molar-refractivity contribution in [3.8, 4) is 11.8 Å². The molecule has 1 fully saturated rings. The van der Waals surface area contributed by atoms with E-state index in [9.17, 15) is 12.8 Å². The molecule has 4 nitrogen and oxygen atoms in total. The van der Waals surface area contributed by atoms with Gasteiger partial charge in [-0.1, -0.05) is 11.8 Å². The molecule has 1 aromatic carbocycles. The van der Waals surface area contributed by atoms with Crippen LogP contribution in [0.3, 0.4) is 0 Å². The molecule has 0 radical (unpaired) electrons. The Bertz CT molecular complexity index is 632. The van der Waals surface area contributed by atoms with Crippen molar-refractivity contribution in [1.82, 2.24) is 0 Å². The average molecular weight is 282 g/mol. The third-order valence-electron chi connectivity index (χ3n) is 2.90. The molecule has 2 N–H and O–H groups in total. The quantitative estimate of drug-likeness (QED) is 0.784. The van der Waals surface area contributed by atoms with Crippen molar-refractivity contribution in [2.75, 3.05) is 23.1 Å². The van der Waals surface area contributed by atoms with Gasteiger partial charge < -0.3 is 5.73 Å². The molecule has 1 saturated heterocycles. The van der Waals surface area contributed by atoms with Gasteiger partial charge in [-0.15, -0.1) is 0 Å². The van der Waals surface area contributed by atoms with Crippen molar-refractivity contribution < 1.29 is 12.8 Å². The SMILES string of the molecule is NCC#Cc1cc(F)ccc1N1CCCCS1(=O)=O. The van der Waals surface area contributed by atoms with Gasteiger partial charge in [0.05, 0.1) is 23.5 Å². The summed E-state index contributed by atoms with van der Waals surface area (Å²) < 4.78 is 38.7. The Morgan fingerprint density at radius 3 is 2.84 bits per heavy atom. The topological polar surface area (TPSA) is 63.4 Å². The third kappa shape index (κ3) is 3.06. The lowest BCUT2D eigenvalue weighted by molar-refractivity contribution is 0.574. The summed E-state index contributed by atoms with van der Waals surface area (Å²) in [6, 6.07) is 3.94. The molecule has 0 unspecified atom stereocenters. The zero-order chi connectivity index (χ0) is 13.9. The first kappa shape index (κ1) is 13.8. The first-order valence-electron chi connectivity index (χ1n) is 6.03. The van der Waals surface area contributed by atoms with Gasteiger partial charge in [0.2, 0.25) is 10.0 Å². The summed E-state index contributed by atoms with van der Waals surface area (Å²) in [5, 5.41) is 0. The first-order chi connectivity index (χ1) is 9.04. The monoisotopic (exact) mass is 282 g/mol. The van der Waals surface area contributed by atoms with Crippen LogP contribution in [0.2, 0.25) is 0 Å². The lowest BCUT2D eigenvalue weighted by Gasteiger charge is -2.29. The van der Waals surface area contributed by atoms with Crippen LogP contribution in [0.15, 0.2) is 18.2 Å². The number of hydrogen-bond acceptors (Lipinski definition) is 3. The van der Waals surface area contributed by atoms with Gasteiger partial charge in [-0.25, -0.2) is 12.8 Å². The molecule has 0 spiro atoms. The largest absolute Gasteiger partial charge is 0.320 e. The standard InChI is InChI=1S/C13H15FN2O2S/c14-12-5-6-13(11(10-12)4-3-7-15)16-8-1-2-9-19(16,17)18/h5-6,10H,1-2,7-9,15H2. The van der Waals surface area contributed by atoms with E-state index < -0.39 is 15.8 Å². The van der Waals surface area contributed by atoms with E-state index in [1.54, 1.807) is 0 Å². The Morgan fingerprint density at radius 1 is 1.37 bits per heavy atom. The van der Waals surface area contributed by atoms with Gasteiger partial charge in [0.25, 0.3) is 0 Å². The minimum Gasteiger partial charge on any atom is -0.320 e. The fourth-order valence-electron chi connectivity index (χ4n) is 2.03. The van der Waals surface area contributed by atoms with Gasteiger partial charge in [-0.2, -0.15) is 0 Å². The number of hydrogen-bond donors (Lipinski definition) is 1. The summed E-state index contributed by atoms with van der Waals surface area (Å²) in [6.07, 6.45) is 1.45. The first-order valence-corrected chi connectivity index (χ1v) is 7.64. The van der Waals surface area contributed by atoms with Crippen LogP contribution in [0, 0.1) is 17.7 Å². The summed E-state index contributed by atoms with van der Waals surface area (Å²) in [7, 11) is -3.33. The smallest absolute Gasteiger partial charge is 0.235 e. The second kappa shape index (κ2) is 5.59. The molecule has 102 valence electrons. The van der Waals surface area contributed by atoms with Gasteiger partial charge in [-0.3, -0.25) is 4.31 Å². The Kier molecular flexibility index (Phi) is 4.08. The molecule has 0 aliphatic carbocycles. The minimum absolute atomic E-state index is 0.119. The van der Waals surface area contributed by atoms with Gasteiger partial charge in [-0.05, 0) is 31.0 Å². The second-order valence-electron chi connectivity index (χ2n) is 4.26. The van der Waals surface area contributed by atoms with E-state index in [1.165, 1.54) is 22.5 Å². The molecule has 1 aliphatic rings. The highest BCUT2D eigenvalue weighted by Crippen LogP contribution is 2.27. The van der Waals surface area contributed by atoms with Crippen molar-refractivity contribution >= 4 is 15.7 Å². The van der Waals surface area contributed by atoms with E-state index in [-0.39, 0.29) is 12.3 Å². The molecule has 1 aliphatic heterocycles. The van der Waals surface area contributed by atoms with Crippen LogP contribution in [-0.2, 0) is 10.0 Å². The number of sulfonamides is 1. The fourth-order valence-corrected chi connectivity index (χ4v) is 3.69. The molecular formula is C13H15FN2O2S. The molecule has 2 rings (SSSR count). The summed E-state index contributed by atoms with van der Waals surface area (Å²) in [4.78, 5) is 0. The molecule has 6 heteroatoms. The maximum Gasteiger partial charge on any atom is 0.235 e. The highest BCUT2D eigenvalue weighted by Gasteiger charge is 2.27. The number of nitrogens with zero attached hydrogens (tertiary/aromatic N) is 1. The normalized spacial score (nSPS) is 17.7. The van der Waals surface area contributed by atoms with Crippen molar-refractivity contribution in [3.63, 3.8) is 0 Å². The van der Waals surface area contributed by atoms with Crippen LogP contribution in [-0.4, -0.2) is 27.3 Å². The highest BCUT2D eigenvalue weighted by molar-refractivity contribution is 7.92. The second-order valence-corrected chi connectivity index (χ2v) is 6.28. The van der Waals surface area contributed by atoms with Crippen molar-refractivity contribution in [3.05, 3.63) is 29.6 Å². The molecule has 19 heavy (non-hydrogen) atoms. The van der Waals surface area contributed by atoms with Crippen molar-refractivity contribution in [2.45, 2.75) is 12.8 Å². The number of halogens is 1. The fraction of sp³-hybridized carbons (Fsp3) is 0.385. The summed E-state index contributed by atoms with van der Waals surface area (Å²) in [6.45, 7) is 0.550. The summed E-state index contributed by atoms with van der Waals surface area (Å²) >= 11 is 0. The Labute approximate surface area is 112 Å². The highest BCUT2D eigenvalue weighted by atomic mass is 32.2. The summed E-state index contributed by atoms with van der Waals surface area (Å²) in [5.74, 6) is 5.03. The van der Waals surface area contributed by atoms with Crippen LogP contribution in [0.5, 0.6) is 0 Å². The van der Waals surface area contributed by atoms with Crippen LogP contribution >= 0.6 is 0 Å². The van der Waals surface area contributed by atoms with Crippen LogP contribution in [0.4, 0.5) is 10.1 Å². The van der Waals surface area contributed by atoms with Crippen molar-refractivity contribution in [2.24, 2.45) is 5.73 Å². The predicted molar refractivity (Wildman–Crippen MR) is 72.7 cm³/mol. The maximum absolute atomic E-state index is 13.3. The van der Waals surface area contributed by atoms with Crippen LogP contribution < -0.4 is 10.0 Å². The Balaban J connectivity index is 2.49. The number of anilines is 1. The summed E-state index contributed by atoms with van der Waals surface area (Å²) in [5.41, 5.74) is 6.09. The number of benzene rings is 1. The van der Waals surface area contributed by atoms with Crippen molar-refractivity contribution in [1.29, 1.82) is 0 Å². The maximum atomic E-state index is 13.3. The lowest BCUT2D eigenvalue weighted by atomic mass is 10.1. The lowest BCUT2D eigenvalue weighted by Crippen LogP contribution is -2.38. The van der Waals surface area contributed by atoms with E-state index in [0.717, 1.165) is 6.42 Å². The molecule has 0 bridgehead atoms. The van der Waals surface area contributed by atoms with Gasteiger partial charge in [0.1, 0.15) is 5.82 Å². The van der Waals surface area contributed by atoms with E-state index >= 15 is 0 Å². The molecule has 0 aromatic heterocycles.